The van der Waals surface area contributed by atoms with Crippen LogP contribution in [-0.2, 0) is 0 Å². The third kappa shape index (κ3) is 2.14. The summed E-state index contributed by atoms with van der Waals surface area (Å²) in [7, 11) is 0. The number of nitrogens with zero attached hydrogens (tertiary/aromatic N) is 2. The Morgan fingerprint density at radius 1 is 1.21 bits per heavy atom. The van der Waals surface area contributed by atoms with Crippen LogP contribution in [0.3, 0.4) is 0 Å². The van der Waals surface area contributed by atoms with Gasteiger partial charge in [-0.25, -0.2) is 9.78 Å². The van der Waals surface area contributed by atoms with Crippen LogP contribution in [0.5, 0.6) is 0 Å². The molecule has 24 heavy (non-hydrogen) atoms. The normalized spacial score (nSPS) is 11.2. The maximum absolute atomic E-state index is 12.3. The van der Waals surface area contributed by atoms with Gasteiger partial charge in [0.05, 0.1) is 16.0 Å². The van der Waals surface area contributed by atoms with E-state index in [2.05, 4.69) is 9.97 Å². The Morgan fingerprint density at radius 2 is 2.04 bits per heavy atom. The van der Waals surface area contributed by atoms with Gasteiger partial charge in [-0.1, -0.05) is 18.2 Å². The maximum atomic E-state index is 12.3. The lowest BCUT2D eigenvalue weighted by Crippen LogP contribution is -2.04. The Bertz CT molecular complexity index is 1170. The van der Waals surface area contributed by atoms with E-state index in [1.54, 1.807) is 18.2 Å². The predicted molar refractivity (Wildman–Crippen MR) is 89.0 cm³/mol. The van der Waals surface area contributed by atoms with Gasteiger partial charge in [0, 0.05) is 11.5 Å². The van der Waals surface area contributed by atoms with Crippen molar-refractivity contribution < 1.29 is 9.34 Å². The molecule has 2 aromatic carbocycles. The van der Waals surface area contributed by atoms with Crippen LogP contribution in [-0.4, -0.2) is 14.9 Å². The Kier molecular flexibility index (Phi) is 2.96. The van der Waals surface area contributed by atoms with Crippen LogP contribution in [0.4, 0.5) is 5.69 Å². The van der Waals surface area contributed by atoms with E-state index in [1.807, 2.05) is 25.1 Å². The van der Waals surface area contributed by atoms with Gasteiger partial charge in [-0.15, -0.1) is 0 Å². The van der Waals surface area contributed by atoms with Gasteiger partial charge < -0.3 is 9.40 Å². The molecule has 0 spiro atoms. The van der Waals surface area contributed by atoms with Crippen LogP contribution in [0.15, 0.2) is 51.7 Å². The summed E-state index contributed by atoms with van der Waals surface area (Å²) in [5.74, 6) is 0.373. The van der Waals surface area contributed by atoms with Gasteiger partial charge in [0.25, 0.3) is 0 Å². The Labute approximate surface area is 134 Å². The molecule has 0 fully saturated rings. The lowest BCUT2D eigenvalue weighted by Gasteiger charge is -2.00. The van der Waals surface area contributed by atoms with Crippen LogP contribution in [0, 0.1) is 17.0 Å². The van der Waals surface area contributed by atoms with Crippen molar-refractivity contribution in [3.63, 3.8) is 0 Å². The van der Waals surface area contributed by atoms with Gasteiger partial charge in [0.2, 0.25) is 5.58 Å². The SMILES string of the molecule is Cc1ccc2nc(-c3cc4cccc([N+](=O)[O-])c4oc3=O)[nH]c2c1. The largest absolute Gasteiger partial charge is 0.415 e. The summed E-state index contributed by atoms with van der Waals surface area (Å²) in [6.07, 6.45) is 0. The van der Waals surface area contributed by atoms with Gasteiger partial charge in [-0.2, -0.15) is 0 Å². The summed E-state index contributed by atoms with van der Waals surface area (Å²) in [5.41, 5.74) is 1.89. The van der Waals surface area contributed by atoms with E-state index >= 15 is 0 Å². The highest BCUT2D eigenvalue weighted by atomic mass is 16.6. The van der Waals surface area contributed by atoms with Crippen LogP contribution in [0.25, 0.3) is 33.4 Å². The Morgan fingerprint density at radius 3 is 2.83 bits per heavy atom. The number of aryl methyl sites for hydroxylation is 1. The van der Waals surface area contributed by atoms with Gasteiger partial charge in [-0.05, 0) is 30.7 Å². The van der Waals surface area contributed by atoms with E-state index in [0.717, 1.165) is 16.6 Å². The average Bonchev–Trinajstić information content (AvgIpc) is 2.96. The molecule has 118 valence electrons. The van der Waals surface area contributed by atoms with Gasteiger partial charge in [0.15, 0.2) is 0 Å². The number of non-ortho nitro benzene ring substituents is 1. The average molecular weight is 321 g/mol. The third-order valence-electron chi connectivity index (χ3n) is 3.83. The minimum atomic E-state index is -0.674. The minimum absolute atomic E-state index is 0.0387. The molecule has 1 N–H and O–H groups in total. The molecule has 0 saturated carbocycles. The van der Waals surface area contributed by atoms with Crippen molar-refractivity contribution in [2.45, 2.75) is 6.92 Å². The molecule has 0 aliphatic rings. The zero-order chi connectivity index (χ0) is 16.8. The van der Waals surface area contributed by atoms with E-state index < -0.39 is 10.5 Å². The van der Waals surface area contributed by atoms with E-state index in [-0.39, 0.29) is 16.8 Å². The van der Waals surface area contributed by atoms with Gasteiger partial charge >= 0.3 is 11.3 Å². The first-order valence-corrected chi connectivity index (χ1v) is 7.21. The molecule has 7 nitrogen and oxygen atoms in total. The molecule has 2 heterocycles. The summed E-state index contributed by atoms with van der Waals surface area (Å²) in [6, 6.07) is 11.8. The summed E-state index contributed by atoms with van der Waals surface area (Å²) in [5, 5.41) is 11.5. The second kappa shape index (κ2) is 5.02. The number of nitro groups is 1. The number of H-pyrrole nitrogens is 1. The number of imidazole rings is 1. The van der Waals surface area contributed by atoms with E-state index in [1.165, 1.54) is 6.07 Å². The number of para-hydroxylation sites is 1. The second-order valence-electron chi connectivity index (χ2n) is 5.51. The first-order valence-electron chi connectivity index (χ1n) is 7.21. The molecule has 0 aliphatic carbocycles. The second-order valence-corrected chi connectivity index (χ2v) is 5.51. The highest BCUT2D eigenvalue weighted by Gasteiger charge is 2.18. The molecule has 0 radical (unpaired) electrons. The monoisotopic (exact) mass is 321 g/mol. The summed E-state index contributed by atoms with van der Waals surface area (Å²) >= 11 is 0. The van der Waals surface area contributed by atoms with Crippen molar-refractivity contribution >= 4 is 27.7 Å². The number of rotatable bonds is 2. The smallest absolute Gasteiger partial charge is 0.347 e. The molecule has 7 heteroatoms. The summed E-state index contributed by atoms with van der Waals surface area (Å²) in [4.78, 5) is 30.3. The van der Waals surface area contributed by atoms with Gasteiger partial charge in [-0.3, -0.25) is 10.1 Å². The topological polar surface area (TPSA) is 102 Å². The number of benzene rings is 2. The molecule has 0 amide bonds. The highest BCUT2D eigenvalue weighted by molar-refractivity contribution is 5.88. The molecule has 2 aromatic heterocycles. The zero-order valence-electron chi connectivity index (χ0n) is 12.6. The lowest BCUT2D eigenvalue weighted by atomic mass is 10.1. The molecule has 4 aromatic rings. The van der Waals surface area contributed by atoms with Crippen molar-refractivity contribution in [3.8, 4) is 11.4 Å². The molecule has 0 unspecified atom stereocenters. The Hall–Kier alpha value is -3.48. The first kappa shape index (κ1) is 14.1. The van der Waals surface area contributed by atoms with Crippen molar-refractivity contribution in [3.05, 3.63) is 68.6 Å². The molecule has 0 aliphatic heterocycles. The highest BCUT2D eigenvalue weighted by Crippen LogP contribution is 2.27. The van der Waals surface area contributed by atoms with E-state index in [9.17, 15) is 14.9 Å². The van der Waals surface area contributed by atoms with Crippen molar-refractivity contribution in [1.29, 1.82) is 0 Å². The molecular weight excluding hydrogens is 310 g/mol. The lowest BCUT2D eigenvalue weighted by molar-refractivity contribution is -0.383. The number of nitrogens with one attached hydrogen (secondary N) is 1. The number of fused-ring (bicyclic) bond motifs is 2. The minimum Gasteiger partial charge on any atom is -0.415 e. The molecule has 0 saturated heterocycles. The summed E-state index contributed by atoms with van der Waals surface area (Å²) < 4.78 is 5.20. The standard InChI is InChI=1S/C17H11N3O4/c1-9-5-6-12-13(7-9)19-16(18-12)11-8-10-3-2-4-14(20(22)23)15(10)24-17(11)21/h2-8H,1H3,(H,18,19). The maximum Gasteiger partial charge on any atom is 0.347 e. The van der Waals surface area contributed by atoms with Crippen molar-refractivity contribution in [2.24, 2.45) is 0 Å². The number of hydrogen-bond acceptors (Lipinski definition) is 5. The van der Waals surface area contributed by atoms with E-state index in [4.69, 9.17) is 4.42 Å². The van der Waals surface area contributed by atoms with E-state index in [0.29, 0.717) is 11.2 Å². The van der Waals surface area contributed by atoms with Crippen LogP contribution in [0.1, 0.15) is 5.56 Å². The fraction of sp³-hybridized carbons (Fsp3) is 0.0588. The number of aromatic amines is 1. The molecule has 0 bridgehead atoms. The van der Waals surface area contributed by atoms with Crippen molar-refractivity contribution in [2.75, 3.05) is 0 Å². The Balaban J connectivity index is 1.97. The zero-order valence-corrected chi connectivity index (χ0v) is 12.6. The van der Waals surface area contributed by atoms with Crippen LogP contribution in [0.2, 0.25) is 0 Å². The number of aromatic nitrogens is 2. The fourth-order valence-corrected chi connectivity index (χ4v) is 2.69. The third-order valence-corrected chi connectivity index (χ3v) is 3.83. The number of hydrogen-bond donors (Lipinski definition) is 1. The number of nitro benzene ring substituents is 1. The summed E-state index contributed by atoms with van der Waals surface area (Å²) in [6.45, 7) is 1.96. The first-order chi connectivity index (χ1) is 11.5. The molecule has 0 atom stereocenters. The van der Waals surface area contributed by atoms with Gasteiger partial charge in [0.1, 0.15) is 11.4 Å². The quantitative estimate of drug-likeness (QED) is 0.345. The van der Waals surface area contributed by atoms with Crippen molar-refractivity contribution in [1.82, 2.24) is 9.97 Å². The van der Waals surface area contributed by atoms with Crippen LogP contribution >= 0.6 is 0 Å². The molecule has 4 rings (SSSR count). The predicted octanol–water partition coefficient (Wildman–Crippen LogP) is 3.55. The molecular formula is C17H11N3O4. The fourth-order valence-electron chi connectivity index (χ4n) is 2.69. The van der Waals surface area contributed by atoms with Crippen LogP contribution < -0.4 is 5.63 Å².